The number of benzene rings is 1. The molecule has 0 atom stereocenters. The van der Waals surface area contributed by atoms with Crippen molar-refractivity contribution in [1.82, 2.24) is 10.1 Å². The number of ether oxygens (including phenoxy) is 1. The van der Waals surface area contributed by atoms with Crippen LogP contribution in [0.3, 0.4) is 0 Å². The van der Waals surface area contributed by atoms with Crippen LogP contribution >= 0.6 is 0 Å². The van der Waals surface area contributed by atoms with Crippen molar-refractivity contribution in [3.63, 3.8) is 0 Å². The van der Waals surface area contributed by atoms with Gasteiger partial charge < -0.3 is 9.26 Å². The van der Waals surface area contributed by atoms with Crippen molar-refractivity contribution in [2.45, 2.75) is 13.1 Å². The molecule has 1 aromatic heterocycles. The molecule has 0 unspecified atom stereocenters. The van der Waals surface area contributed by atoms with Crippen LogP contribution in [0.5, 0.6) is 0 Å². The molecular formula is C12H9F3N2O3. The number of aromatic nitrogens is 2. The molecule has 0 saturated heterocycles. The molecule has 0 aliphatic rings. The molecule has 0 aliphatic carbocycles. The standard InChI is InChI=1S/C12H9F3N2O3/c1-2-19-10(18)8-5-3-4-7(6-8)9-16-11(20-17-9)12(13,14)15/h3-6H,2H2,1H3/i13-1. The maximum atomic E-state index is 12.4. The van der Waals surface area contributed by atoms with Gasteiger partial charge in [-0.15, -0.1) is 0 Å². The first-order chi connectivity index (χ1) is 9.41. The highest BCUT2D eigenvalue weighted by atomic mass is 19.3. The van der Waals surface area contributed by atoms with Gasteiger partial charge in [-0.05, 0) is 19.1 Å². The minimum absolute atomic E-state index is 0.197. The molecule has 0 radical (unpaired) electrons. The van der Waals surface area contributed by atoms with Crippen LogP contribution in [0.1, 0.15) is 23.2 Å². The molecule has 2 aromatic rings. The highest BCUT2D eigenvalue weighted by molar-refractivity contribution is 5.90. The van der Waals surface area contributed by atoms with E-state index < -0.39 is 18.0 Å². The Bertz CT molecular complexity index is 622. The van der Waals surface area contributed by atoms with E-state index in [1.807, 2.05) is 0 Å². The lowest BCUT2D eigenvalue weighted by Crippen LogP contribution is -2.05. The Labute approximate surface area is 111 Å². The molecule has 8 heteroatoms. The smallest absolute Gasteiger partial charge is 0.462 e. The summed E-state index contributed by atoms with van der Waals surface area (Å²) in [6, 6.07) is 5.77. The zero-order chi connectivity index (χ0) is 14.8. The van der Waals surface area contributed by atoms with E-state index in [2.05, 4.69) is 14.7 Å². The third-order valence-corrected chi connectivity index (χ3v) is 2.30. The van der Waals surface area contributed by atoms with Crippen LogP contribution in [0.15, 0.2) is 28.8 Å². The fourth-order valence-corrected chi connectivity index (χ4v) is 1.46. The zero-order valence-electron chi connectivity index (χ0n) is 10.3. The van der Waals surface area contributed by atoms with Crippen LogP contribution in [0.2, 0.25) is 0 Å². The number of esters is 1. The van der Waals surface area contributed by atoms with Gasteiger partial charge >= 0.3 is 18.0 Å². The third-order valence-electron chi connectivity index (χ3n) is 2.30. The minimum Gasteiger partial charge on any atom is -0.462 e. The fraction of sp³-hybridized carbons (Fsp3) is 0.250. The van der Waals surface area contributed by atoms with E-state index in [9.17, 15) is 18.0 Å². The SMILES string of the molecule is CCOC(=O)c1cccc(-c2noc(C(F)(F)[18F])n2)c1. The number of carbonyl (C=O) groups excluding carboxylic acids is 1. The molecule has 0 aliphatic heterocycles. The lowest BCUT2D eigenvalue weighted by molar-refractivity contribution is -0.159. The summed E-state index contributed by atoms with van der Waals surface area (Å²) >= 11 is 0. The number of rotatable bonds is 3. The summed E-state index contributed by atoms with van der Waals surface area (Å²) in [6.45, 7) is 1.85. The molecule has 0 saturated carbocycles. The van der Waals surface area contributed by atoms with Crippen molar-refractivity contribution in [1.29, 1.82) is 0 Å². The van der Waals surface area contributed by atoms with Crippen molar-refractivity contribution in [3.05, 3.63) is 35.7 Å². The van der Waals surface area contributed by atoms with Gasteiger partial charge in [-0.1, -0.05) is 17.3 Å². The predicted molar refractivity (Wildman–Crippen MR) is 60.7 cm³/mol. The molecule has 0 bridgehead atoms. The van der Waals surface area contributed by atoms with E-state index in [-0.39, 0.29) is 23.6 Å². The van der Waals surface area contributed by atoms with Gasteiger partial charge in [-0.3, -0.25) is 0 Å². The molecule has 106 valence electrons. The summed E-state index contributed by atoms with van der Waals surface area (Å²) in [7, 11) is 0. The lowest BCUT2D eigenvalue weighted by atomic mass is 10.1. The maximum Gasteiger partial charge on any atom is 0.471 e. The first-order valence-electron chi connectivity index (χ1n) is 5.60. The molecule has 1 heterocycles. The lowest BCUT2D eigenvalue weighted by Gasteiger charge is -2.02. The van der Waals surface area contributed by atoms with Crippen LogP contribution in [0.4, 0.5) is 13.2 Å². The summed E-state index contributed by atoms with van der Waals surface area (Å²) in [5.41, 5.74) is 0.428. The van der Waals surface area contributed by atoms with Crippen molar-refractivity contribution in [2.24, 2.45) is 0 Å². The van der Waals surface area contributed by atoms with Gasteiger partial charge in [-0.25, -0.2) is 4.79 Å². The largest absolute Gasteiger partial charge is 0.471 e. The van der Waals surface area contributed by atoms with E-state index in [4.69, 9.17) is 4.74 Å². The summed E-state index contributed by atoms with van der Waals surface area (Å²) in [5.74, 6) is -2.26. The third kappa shape index (κ3) is 2.95. The molecule has 0 N–H and O–H groups in total. The van der Waals surface area contributed by atoms with Crippen LogP contribution in [-0.4, -0.2) is 22.7 Å². The Kier molecular flexibility index (Phi) is 3.73. The van der Waals surface area contributed by atoms with Crippen LogP contribution < -0.4 is 0 Å². The molecule has 0 amide bonds. The van der Waals surface area contributed by atoms with Crippen molar-refractivity contribution in [3.8, 4) is 11.4 Å². The molecule has 5 nitrogen and oxygen atoms in total. The average molecular weight is 285 g/mol. The summed E-state index contributed by atoms with van der Waals surface area (Å²) in [5, 5.41) is 3.24. The Morgan fingerprint density at radius 2 is 2.15 bits per heavy atom. The number of carbonyl (C=O) groups is 1. The fourth-order valence-electron chi connectivity index (χ4n) is 1.46. The Hall–Kier alpha value is -2.38. The van der Waals surface area contributed by atoms with Crippen molar-refractivity contribution in [2.75, 3.05) is 6.61 Å². The van der Waals surface area contributed by atoms with Crippen LogP contribution in [-0.2, 0) is 10.9 Å². The highest BCUT2D eigenvalue weighted by Crippen LogP contribution is 2.29. The Balaban J connectivity index is 2.32. The minimum atomic E-state index is -4.70. The van der Waals surface area contributed by atoms with Gasteiger partial charge in [0, 0.05) is 5.56 Å². The van der Waals surface area contributed by atoms with Crippen molar-refractivity contribution < 1.29 is 27.2 Å². The van der Waals surface area contributed by atoms with Crippen molar-refractivity contribution >= 4 is 5.97 Å². The topological polar surface area (TPSA) is 65.2 Å². The average Bonchev–Trinajstić information content (AvgIpc) is 2.89. The van der Waals surface area contributed by atoms with Gasteiger partial charge in [-0.2, -0.15) is 18.2 Å². The number of hydrogen-bond donors (Lipinski definition) is 0. The van der Waals surface area contributed by atoms with Gasteiger partial charge in [0.05, 0.1) is 12.2 Å². The van der Waals surface area contributed by atoms with E-state index >= 15 is 0 Å². The van der Waals surface area contributed by atoms with Gasteiger partial charge in [0.2, 0.25) is 5.82 Å². The summed E-state index contributed by atoms with van der Waals surface area (Å²) < 4.78 is 46.0. The monoisotopic (exact) mass is 285 g/mol. The van der Waals surface area contributed by atoms with Gasteiger partial charge in [0.15, 0.2) is 0 Å². The molecule has 0 fully saturated rings. The van der Waals surface area contributed by atoms with Crippen LogP contribution in [0, 0.1) is 0 Å². The normalized spacial score (nSPS) is 11.4. The molecule has 20 heavy (non-hydrogen) atoms. The molecule has 2 rings (SSSR count). The summed E-state index contributed by atoms with van der Waals surface area (Å²) in [6.07, 6.45) is -4.70. The Morgan fingerprint density at radius 1 is 1.40 bits per heavy atom. The molecule has 1 aromatic carbocycles. The number of nitrogens with zero attached hydrogens (tertiary/aromatic N) is 2. The molecule has 0 spiro atoms. The first-order valence-corrected chi connectivity index (χ1v) is 5.60. The zero-order valence-corrected chi connectivity index (χ0v) is 10.3. The van der Waals surface area contributed by atoms with E-state index in [1.165, 1.54) is 24.3 Å². The molecular weight excluding hydrogens is 276 g/mol. The maximum absolute atomic E-state index is 12.4. The Morgan fingerprint density at radius 3 is 2.75 bits per heavy atom. The highest BCUT2D eigenvalue weighted by Gasteiger charge is 2.38. The second-order valence-electron chi connectivity index (χ2n) is 3.72. The van der Waals surface area contributed by atoms with E-state index in [1.54, 1.807) is 6.92 Å². The summed E-state index contributed by atoms with van der Waals surface area (Å²) in [4.78, 5) is 14.8. The number of halogens is 3. The van der Waals surface area contributed by atoms with Gasteiger partial charge in [0.25, 0.3) is 0 Å². The quantitative estimate of drug-likeness (QED) is 0.811. The first kappa shape index (κ1) is 14.0. The predicted octanol–water partition coefficient (Wildman–Crippen LogP) is 2.93. The van der Waals surface area contributed by atoms with Gasteiger partial charge in [0.1, 0.15) is 0 Å². The van der Waals surface area contributed by atoms with E-state index in [0.717, 1.165) is 0 Å². The number of alkyl halides is 3. The number of hydrogen-bond acceptors (Lipinski definition) is 5. The van der Waals surface area contributed by atoms with Crippen LogP contribution in [0.25, 0.3) is 11.4 Å². The second-order valence-corrected chi connectivity index (χ2v) is 3.72. The second kappa shape index (κ2) is 5.32. The van der Waals surface area contributed by atoms with E-state index in [0.29, 0.717) is 0 Å².